The number of rotatable bonds is 9. The number of hydrogen-bond donors (Lipinski definition) is 2. The number of fused-ring (bicyclic) bond motifs is 2. The highest BCUT2D eigenvalue weighted by Gasteiger charge is 2.20. The van der Waals surface area contributed by atoms with E-state index in [1.165, 1.54) is 0 Å². The van der Waals surface area contributed by atoms with E-state index < -0.39 is 0 Å². The van der Waals surface area contributed by atoms with Gasteiger partial charge in [0.25, 0.3) is 5.91 Å². The van der Waals surface area contributed by atoms with Crippen LogP contribution >= 0.6 is 11.3 Å². The molecule has 2 N–H and O–H groups in total. The zero-order chi connectivity index (χ0) is 29.1. The molecule has 0 radical (unpaired) electrons. The molecule has 0 saturated carbocycles. The van der Waals surface area contributed by atoms with Gasteiger partial charge in [-0.25, -0.2) is 4.98 Å². The summed E-state index contributed by atoms with van der Waals surface area (Å²) in [6.07, 6.45) is 2.44. The van der Waals surface area contributed by atoms with Crippen molar-refractivity contribution in [3.05, 3.63) is 106 Å². The van der Waals surface area contributed by atoms with Crippen LogP contribution in [-0.4, -0.2) is 29.6 Å². The molecule has 8 nitrogen and oxygen atoms in total. The molecule has 1 amide bonds. The van der Waals surface area contributed by atoms with E-state index in [0.717, 1.165) is 55.9 Å². The van der Waals surface area contributed by atoms with E-state index in [2.05, 4.69) is 20.6 Å². The highest BCUT2D eigenvalue weighted by molar-refractivity contribution is 7.09. The van der Waals surface area contributed by atoms with Gasteiger partial charge in [-0.3, -0.25) is 9.78 Å². The highest BCUT2D eigenvalue weighted by Crippen LogP contribution is 2.38. The standard InChI is InChI=1S/C33H30N4O4S/c1-20-30(5-4-13-34-20)40-14-12-22-6-10-27-29(15-22)37-33(38)26-9-7-23(16-28(26)36-27)24-8-11-31(32(17-24)39-3)41-18-25-19-42-21(2)35-25/h4-11,13,15-17,19,36H,12,14,18H2,1-3H3,(H,37,38). The van der Waals surface area contributed by atoms with E-state index in [4.69, 9.17) is 14.2 Å². The fraction of sp³-hybridized carbons (Fsp3) is 0.182. The lowest BCUT2D eigenvalue weighted by atomic mass is 10.0. The molecule has 3 heterocycles. The van der Waals surface area contributed by atoms with Crippen LogP contribution in [0.4, 0.5) is 17.1 Å². The summed E-state index contributed by atoms with van der Waals surface area (Å²) in [5.74, 6) is 1.88. The first kappa shape index (κ1) is 27.3. The Morgan fingerprint density at radius 3 is 2.50 bits per heavy atom. The average Bonchev–Trinajstić information content (AvgIpc) is 3.36. The smallest absolute Gasteiger partial charge is 0.257 e. The molecule has 0 aliphatic carbocycles. The fourth-order valence-electron chi connectivity index (χ4n) is 4.81. The largest absolute Gasteiger partial charge is 0.493 e. The van der Waals surface area contributed by atoms with Crippen molar-refractivity contribution in [3.63, 3.8) is 0 Å². The summed E-state index contributed by atoms with van der Waals surface area (Å²) >= 11 is 1.60. The molecule has 2 aromatic heterocycles. The summed E-state index contributed by atoms with van der Waals surface area (Å²) in [4.78, 5) is 21.9. The van der Waals surface area contributed by atoms with Crippen molar-refractivity contribution in [2.75, 3.05) is 24.4 Å². The monoisotopic (exact) mass is 578 g/mol. The van der Waals surface area contributed by atoms with Crippen molar-refractivity contribution in [2.45, 2.75) is 26.9 Å². The molecule has 1 aliphatic rings. The second-order valence-corrected chi connectivity index (χ2v) is 11.0. The predicted octanol–water partition coefficient (Wildman–Crippen LogP) is 7.34. The molecule has 6 rings (SSSR count). The number of nitrogens with zero attached hydrogens (tertiary/aromatic N) is 2. The normalized spacial score (nSPS) is 11.9. The number of thiazole rings is 1. The van der Waals surface area contributed by atoms with Gasteiger partial charge in [0.15, 0.2) is 11.5 Å². The minimum atomic E-state index is -0.166. The van der Waals surface area contributed by atoms with Crippen LogP contribution in [0.2, 0.25) is 0 Å². The molecule has 0 atom stereocenters. The molecule has 0 fully saturated rings. The van der Waals surface area contributed by atoms with Gasteiger partial charge in [0.2, 0.25) is 0 Å². The SMILES string of the molecule is COc1cc(-c2ccc3c(c2)Nc2ccc(CCOc4cccnc4C)cc2NC3=O)ccc1OCc1csc(C)n1. The van der Waals surface area contributed by atoms with Crippen molar-refractivity contribution < 1.29 is 19.0 Å². The first-order valence-electron chi connectivity index (χ1n) is 13.6. The Morgan fingerprint density at radius 2 is 1.69 bits per heavy atom. The van der Waals surface area contributed by atoms with Gasteiger partial charge in [-0.05, 0) is 79.1 Å². The Kier molecular flexibility index (Phi) is 7.74. The number of pyridine rings is 1. The minimum Gasteiger partial charge on any atom is -0.493 e. The van der Waals surface area contributed by atoms with Gasteiger partial charge in [0.05, 0.1) is 52.7 Å². The zero-order valence-electron chi connectivity index (χ0n) is 23.6. The van der Waals surface area contributed by atoms with Crippen molar-refractivity contribution in [2.24, 2.45) is 0 Å². The summed E-state index contributed by atoms with van der Waals surface area (Å²) in [6, 6.07) is 21.4. The Morgan fingerprint density at radius 1 is 0.833 bits per heavy atom. The fourth-order valence-corrected chi connectivity index (χ4v) is 5.41. The molecular formula is C33H30N4O4S. The molecule has 3 aromatic carbocycles. The number of amides is 1. The summed E-state index contributed by atoms with van der Waals surface area (Å²) in [5, 5.41) is 9.51. The van der Waals surface area contributed by atoms with Gasteiger partial charge in [-0.1, -0.05) is 18.2 Å². The number of aryl methyl sites for hydroxylation is 2. The molecule has 5 aromatic rings. The summed E-state index contributed by atoms with van der Waals surface area (Å²) in [5.41, 5.74) is 7.54. The molecule has 0 unspecified atom stereocenters. The van der Waals surface area contributed by atoms with Crippen LogP contribution < -0.4 is 24.8 Å². The molecule has 212 valence electrons. The quantitative estimate of drug-likeness (QED) is 0.189. The highest BCUT2D eigenvalue weighted by atomic mass is 32.1. The lowest BCUT2D eigenvalue weighted by Crippen LogP contribution is -2.11. The minimum absolute atomic E-state index is 0.166. The van der Waals surface area contributed by atoms with E-state index in [1.807, 2.05) is 86.0 Å². The third-order valence-electron chi connectivity index (χ3n) is 7.01. The summed E-state index contributed by atoms with van der Waals surface area (Å²) in [6.45, 7) is 4.78. The number of ether oxygens (including phenoxy) is 3. The molecule has 9 heteroatoms. The van der Waals surface area contributed by atoms with E-state index in [9.17, 15) is 4.79 Å². The van der Waals surface area contributed by atoms with Crippen molar-refractivity contribution in [3.8, 4) is 28.4 Å². The number of benzene rings is 3. The predicted molar refractivity (Wildman–Crippen MR) is 165 cm³/mol. The Balaban J connectivity index is 1.18. The number of hydrogen-bond acceptors (Lipinski definition) is 8. The van der Waals surface area contributed by atoms with Gasteiger partial charge < -0.3 is 24.8 Å². The first-order chi connectivity index (χ1) is 20.5. The Hall–Kier alpha value is -4.89. The maximum atomic E-state index is 13.2. The lowest BCUT2D eigenvalue weighted by Gasteiger charge is -2.14. The van der Waals surface area contributed by atoms with Crippen LogP contribution in [0, 0.1) is 13.8 Å². The van der Waals surface area contributed by atoms with Crippen LogP contribution in [0.15, 0.2) is 78.3 Å². The van der Waals surface area contributed by atoms with Crippen LogP contribution in [-0.2, 0) is 13.0 Å². The van der Waals surface area contributed by atoms with Crippen LogP contribution in [0.5, 0.6) is 17.2 Å². The number of anilines is 3. The third-order valence-corrected chi connectivity index (χ3v) is 7.83. The number of methoxy groups -OCH3 is 1. The molecule has 0 spiro atoms. The van der Waals surface area contributed by atoms with E-state index in [1.54, 1.807) is 24.6 Å². The number of aromatic nitrogens is 2. The van der Waals surface area contributed by atoms with E-state index in [0.29, 0.717) is 36.7 Å². The first-order valence-corrected chi connectivity index (χ1v) is 14.5. The summed E-state index contributed by atoms with van der Waals surface area (Å²) in [7, 11) is 1.62. The number of carbonyl (C=O) groups excluding carboxylic acids is 1. The van der Waals surface area contributed by atoms with Crippen LogP contribution in [0.1, 0.15) is 32.3 Å². The summed E-state index contributed by atoms with van der Waals surface area (Å²) < 4.78 is 17.5. The average molecular weight is 579 g/mol. The van der Waals surface area contributed by atoms with Crippen molar-refractivity contribution in [1.29, 1.82) is 0 Å². The maximum Gasteiger partial charge on any atom is 0.257 e. The number of nitrogens with one attached hydrogen (secondary N) is 2. The van der Waals surface area contributed by atoms with Crippen molar-refractivity contribution >= 4 is 34.3 Å². The second kappa shape index (κ2) is 11.9. The van der Waals surface area contributed by atoms with Gasteiger partial charge in [-0.15, -0.1) is 11.3 Å². The molecule has 1 aliphatic heterocycles. The van der Waals surface area contributed by atoms with Crippen molar-refractivity contribution in [1.82, 2.24) is 9.97 Å². The molecular weight excluding hydrogens is 548 g/mol. The molecule has 0 saturated heterocycles. The van der Waals surface area contributed by atoms with Crippen LogP contribution in [0.3, 0.4) is 0 Å². The van der Waals surface area contributed by atoms with E-state index >= 15 is 0 Å². The Bertz CT molecular complexity index is 1770. The Labute approximate surface area is 248 Å². The van der Waals surface area contributed by atoms with Gasteiger partial charge in [0, 0.05) is 18.0 Å². The van der Waals surface area contributed by atoms with Gasteiger partial charge in [-0.2, -0.15) is 0 Å². The number of carbonyl (C=O) groups is 1. The van der Waals surface area contributed by atoms with Gasteiger partial charge in [0.1, 0.15) is 12.4 Å². The van der Waals surface area contributed by atoms with Crippen LogP contribution in [0.25, 0.3) is 11.1 Å². The molecule has 42 heavy (non-hydrogen) atoms. The van der Waals surface area contributed by atoms with Gasteiger partial charge >= 0.3 is 0 Å². The molecule has 0 bridgehead atoms. The topological polar surface area (TPSA) is 94.6 Å². The second-order valence-electron chi connectivity index (χ2n) is 9.92. The lowest BCUT2D eigenvalue weighted by molar-refractivity contribution is 0.102. The maximum absolute atomic E-state index is 13.2. The third kappa shape index (κ3) is 5.91. The zero-order valence-corrected chi connectivity index (χ0v) is 24.4. The van der Waals surface area contributed by atoms with E-state index in [-0.39, 0.29) is 5.91 Å².